The third-order valence-corrected chi connectivity index (χ3v) is 3.64. The van der Waals surface area contributed by atoms with Crippen molar-refractivity contribution in [3.8, 4) is 0 Å². The Balaban J connectivity index is 2.18. The second-order valence-electron chi connectivity index (χ2n) is 3.66. The van der Waals surface area contributed by atoms with Crippen molar-refractivity contribution in [1.82, 2.24) is 16.0 Å². The number of carbonyl (C=O) groups excluding carboxylic acids is 2. The van der Waals surface area contributed by atoms with E-state index >= 15 is 0 Å². The Morgan fingerprint density at radius 1 is 1.25 bits per heavy atom. The van der Waals surface area contributed by atoms with E-state index in [1.807, 2.05) is 11.4 Å². The lowest BCUT2D eigenvalue weighted by atomic mass is 10.4. The average molecular weight is 374 g/mol. The maximum atomic E-state index is 11.8. The molecule has 10 heteroatoms. The number of amides is 3. The summed E-state index contributed by atoms with van der Waals surface area (Å²) in [5.41, 5.74) is 0. The Morgan fingerprint density at radius 3 is 2.50 bits per heavy atom. The molecule has 0 aliphatic heterocycles. The molecule has 0 spiro atoms. The maximum absolute atomic E-state index is 11.8. The molecular weight excluding hydrogens is 363 g/mol. The van der Waals surface area contributed by atoms with Gasteiger partial charge in [0.15, 0.2) is 0 Å². The summed E-state index contributed by atoms with van der Waals surface area (Å²) in [4.78, 5) is 23.2. The van der Waals surface area contributed by atoms with Gasteiger partial charge in [-0.25, -0.2) is 4.79 Å². The molecule has 1 rings (SSSR count). The Morgan fingerprint density at radius 2 is 1.95 bits per heavy atom. The van der Waals surface area contributed by atoms with Gasteiger partial charge in [0.1, 0.15) is 6.54 Å². The van der Waals surface area contributed by atoms with Crippen LogP contribution in [-0.2, 0) is 11.3 Å². The minimum Gasteiger partial charge on any atom is -0.345 e. The van der Waals surface area contributed by atoms with Crippen LogP contribution in [0, 0.1) is 0 Å². The van der Waals surface area contributed by atoms with Crippen LogP contribution in [0.1, 0.15) is 4.88 Å². The van der Waals surface area contributed by atoms with Gasteiger partial charge in [0.2, 0.25) is 5.91 Å². The van der Waals surface area contributed by atoms with Gasteiger partial charge >= 0.3 is 12.2 Å². The zero-order valence-electron chi connectivity index (χ0n) is 10.0. The predicted molar refractivity (Wildman–Crippen MR) is 71.3 cm³/mol. The predicted octanol–water partition coefficient (Wildman–Crippen LogP) is 1.99. The van der Waals surface area contributed by atoms with Gasteiger partial charge in [0.25, 0.3) is 0 Å². The van der Waals surface area contributed by atoms with Crippen LogP contribution in [0.2, 0.25) is 0 Å². The van der Waals surface area contributed by atoms with Crippen molar-refractivity contribution in [2.24, 2.45) is 0 Å². The van der Waals surface area contributed by atoms with Crippen molar-refractivity contribution in [1.29, 1.82) is 0 Å². The van der Waals surface area contributed by atoms with E-state index in [2.05, 4.69) is 26.6 Å². The van der Waals surface area contributed by atoms with Gasteiger partial charge in [0, 0.05) is 14.7 Å². The topological polar surface area (TPSA) is 70.2 Å². The summed E-state index contributed by atoms with van der Waals surface area (Å²) in [5, 5.41) is 8.13. The third kappa shape index (κ3) is 7.34. The summed E-state index contributed by atoms with van der Waals surface area (Å²) in [7, 11) is 0. The zero-order chi connectivity index (χ0) is 15.2. The largest absolute Gasteiger partial charge is 0.405 e. The molecule has 20 heavy (non-hydrogen) atoms. The molecule has 112 valence electrons. The second kappa shape index (κ2) is 7.48. The molecule has 0 aliphatic rings. The molecule has 0 unspecified atom stereocenters. The van der Waals surface area contributed by atoms with Gasteiger partial charge in [-0.3, -0.25) is 4.79 Å². The van der Waals surface area contributed by atoms with E-state index in [1.165, 1.54) is 11.3 Å². The van der Waals surface area contributed by atoms with E-state index < -0.39 is 31.2 Å². The van der Waals surface area contributed by atoms with Crippen LogP contribution >= 0.6 is 27.3 Å². The smallest absolute Gasteiger partial charge is 0.345 e. The average Bonchev–Trinajstić information content (AvgIpc) is 2.76. The highest BCUT2D eigenvalue weighted by atomic mass is 79.9. The molecular formula is C10H11BrF3N3O2S. The minimum atomic E-state index is -4.47. The molecule has 1 aromatic rings. The summed E-state index contributed by atoms with van der Waals surface area (Å²) in [6.45, 7) is -1.67. The molecule has 0 aromatic carbocycles. The number of alkyl halides is 3. The third-order valence-electron chi connectivity index (χ3n) is 1.94. The molecule has 1 aromatic heterocycles. The Bertz CT molecular complexity index is 479. The van der Waals surface area contributed by atoms with E-state index in [4.69, 9.17) is 0 Å². The van der Waals surface area contributed by atoms with Crippen LogP contribution in [-0.4, -0.2) is 31.2 Å². The fourth-order valence-corrected chi connectivity index (χ4v) is 2.49. The lowest BCUT2D eigenvalue weighted by molar-refractivity contribution is -0.137. The van der Waals surface area contributed by atoms with Crippen molar-refractivity contribution in [3.63, 3.8) is 0 Å². The summed E-state index contributed by atoms with van der Waals surface area (Å²) in [6, 6.07) is 1.19. The number of hydrogen-bond acceptors (Lipinski definition) is 3. The lowest BCUT2D eigenvalue weighted by Crippen LogP contribution is -2.43. The van der Waals surface area contributed by atoms with Crippen molar-refractivity contribution in [2.75, 3.05) is 13.1 Å². The van der Waals surface area contributed by atoms with Crippen LogP contribution < -0.4 is 16.0 Å². The Hall–Kier alpha value is -1.29. The van der Waals surface area contributed by atoms with Crippen LogP contribution in [0.25, 0.3) is 0 Å². The normalized spacial score (nSPS) is 11.0. The quantitative estimate of drug-likeness (QED) is 0.738. The SMILES string of the molecule is O=C(CNC(=O)NCc1cc(Br)cs1)NCC(F)(F)F. The monoisotopic (exact) mass is 373 g/mol. The van der Waals surface area contributed by atoms with E-state index in [9.17, 15) is 22.8 Å². The molecule has 1 heterocycles. The molecule has 0 radical (unpaired) electrons. The number of rotatable bonds is 5. The van der Waals surface area contributed by atoms with Crippen molar-refractivity contribution in [2.45, 2.75) is 12.7 Å². The van der Waals surface area contributed by atoms with Gasteiger partial charge < -0.3 is 16.0 Å². The summed E-state index contributed by atoms with van der Waals surface area (Å²) in [6.07, 6.45) is -4.47. The molecule has 5 nitrogen and oxygen atoms in total. The van der Waals surface area contributed by atoms with Crippen LogP contribution in [0.3, 0.4) is 0 Å². The van der Waals surface area contributed by atoms with Crippen molar-refractivity contribution >= 4 is 39.2 Å². The standard InChI is InChI=1S/C10H11BrF3N3O2S/c11-6-1-7(20-4-6)2-15-9(19)16-3-8(18)17-5-10(12,13)14/h1,4H,2-3,5H2,(H,17,18)(H2,15,16,19). The number of carbonyl (C=O) groups is 2. The fourth-order valence-electron chi connectivity index (χ4n) is 1.10. The number of urea groups is 1. The van der Waals surface area contributed by atoms with Crippen LogP contribution in [0.5, 0.6) is 0 Å². The highest BCUT2D eigenvalue weighted by Crippen LogP contribution is 2.19. The number of thiophene rings is 1. The first-order valence-corrected chi connectivity index (χ1v) is 7.01. The molecule has 0 atom stereocenters. The summed E-state index contributed by atoms with van der Waals surface area (Å²) in [5.74, 6) is -0.906. The first-order valence-electron chi connectivity index (χ1n) is 5.34. The fraction of sp³-hybridized carbons (Fsp3) is 0.400. The number of hydrogen-bond donors (Lipinski definition) is 3. The van der Waals surface area contributed by atoms with E-state index in [1.54, 1.807) is 5.32 Å². The molecule has 0 saturated heterocycles. The zero-order valence-corrected chi connectivity index (χ0v) is 12.4. The van der Waals surface area contributed by atoms with Gasteiger partial charge in [0.05, 0.1) is 13.1 Å². The summed E-state index contributed by atoms with van der Waals surface area (Å²) >= 11 is 4.69. The number of halogens is 4. The Kier molecular flexibility index (Phi) is 6.27. The van der Waals surface area contributed by atoms with E-state index in [0.29, 0.717) is 0 Å². The molecule has 0 bridgehead atoms. The molecule has 3 N–H and O–H groups in total. The van der Waals surface area contributed by atoms with Gasteiger partial charge in [-0.2, -0.15) is 13.2 Å². The van der Waals surface area contributed by atoms with Gasteiger partial charge in [-0.05, 0) is 22.0 Å². The molecule has 0 fully saturated rings. The van der Waals surface area contributed by atoms with E-state index in [0.717, 1.165) is 9.35 Å². The maximum Gasteiger partial charge on any atom is 0.405 e. The van der Waals surface area contributed by atoms with Gasteiger partial charge in [-0.1, -0.05) is 0 Å². The second-order valence-corrected chi connectivity index (χ2v) is 5.57. The van der Waals surface area contributed by atoms with Crippen LogP contribution in [0.4, 0.5) is 18.0 Å². The first-order chi connectivity index (χ1) is 9.26. The molecule has 0 saturated carbocycles. The Labute approximate surface area is 125 Å². The highest BCUT2D eigenvalue weighted by Gasteiger charge is 2.27. The first kappa shape index (κ1) is 16.8. The van der Waals surface area contributed by atoms with Crippen molar-refractivity contribution < 1.29 is 22.8 Å². The van der Waals surface area contributed by atoms with Gasteiger partial charge in [-0.15, -0.1) is 11.3 Å². The number of nitrogens with one attached hydrogen (secondary N) is 3. The van der Waals surface area contributed by atoms with Crippen molar-refractivity contribution in [3.05, 3.63) is 20.8 Å². The van der Waals surface area contributed by atoms with Crippen LogP contribution in [0.15, 0.2) is 15.9 Å². The van der Waals surface area contributed by atoms with E-state index in [-0.39, 0.29) is 6.54 Å². The minimum absolute atomic E-state index is 0.270. The lowest BCUT2D eigenvalue weighted by Gasteiger charge is -2.09. The molecule has 0 aliphatic carbocycles. The summed E-state index contributed by atoms with van der Waals surface area (Å²) < 4.78 is 36.3. The molecule has 3 amide bonds. The highest BCUT2D eigenvalue weighted by molar-refractivity contribution is 9.10.